The normalized spacial score (nSPS) is 31.3. The summed E-state index contributed by atoms with van der Waals surface area (Å²) < 4.78 is 0. The first-order chi connectivity index (χ1) is 9.44. The SMILES string of the molecule is CC1(C)C(C(=O)O)C1C(=O)N1CCCC1c1ccc[nH]1. The molecule has 2 aliphatic rings. The predicted octanol–water partition coefficient (Wildman–Crippen LogP) is 2.03. The molecule has 1 aliphatic carbocycles. The molecule has 108 valence electrons. The fourth-order valence-corrected chi connectivity index (χ4v) is 3.64. The molecule has 0 aromatic carbocycles. The molecule has 0 radical (unpaired) electrons. The Hall–Kier alpha value is -1.78. The lowest BCUT2D eigenvalue weighted by Crippen LogP contribution is -2.33. The molecule has 1 aromatic heterocycles. The average Bonchev–Trinajstić information content (AvgIpc) is 2.87. The molecule has 5 nitrogen and oxygen atoms in total. The van der Waals surface area contributed by atoms with Crippen molar-refractivity contribution >= 4 is 11.9 Å². The van der Waals surface area contributed by atoms with Crippen molar-refractivity contribution in [1.29, 1.82) is 0 Å². The molecule has 1 aliphatic heterocycles. The molecule has 0 bridgehead atoms. The molecule has 1 amide bonds. The number of hydrogen-bond donors (Lipinski definition) is 2. The van der Waals surface area contributed by atoms with Gasteiger partial charge in [0.1, 0.15) is 0 Å². The van der Waals surface area contributed by atoms with E-state index in [4.69, 9.17) is 0 Å². The van der Waals surface area contributed by atoms with Crippen molar-refractivity contribution in [3.63, 3.8) is 0 Å². The molecule has 3 rings (SSSR count). The van der Waals surface area contributed by atoms with Gasteiger partial charge in [0, 0.05) is 18.4 Å². The van der Waals surface area contributed by atoms with Gasteiger partial charge in [-0.2, -0.15) is 0 Å². The monoisotopic (exact) mass is 276 g/mol. The summed E-state index contributed by atoms with van der Waals surface area (Å²) in [7, 11) is 0. The van der Waals surface area contributed by atoms with E-state index in [1.165, 1.54) is 0 Å². The molecule has 2 N–H and O–H groups in total. The molecular weight excluding hydrogens is 256 g/mol. The van der Waals surface area contributed by atoms with Crippen LogP contribution < -0.4 is 0 Å². The van der Waals surface area contributed by atoms with E-state index in [0.717, 1.165) is 25.1 Å². The highest BCUT2D eigenvalue weighted by Crippen LogP contribution is 2.59. The van der Waals surface area contributed by atoms with Crippen molar-refractivity contribution in [2.75, 3.05) is 6.54 Å². The second kappa shape index (κ2) is 4.36. The predicted molar refractivity (Wildman–Crippen MR) is 72.9 cm³/mol. The molecule has 1 saturated carbocycles. The molecule has 2 heterocycles. The number of rotatable bonds is 3. The smallest absolute Gasteiger partial charge is 0.307 e. The van der Waals surface area contributed by atoms with Crippen molar-refractivity contribution in [2.45, 2.75) is 32.7 Å². The second-order valence-electron chi connectivity index (χ2n) is 6.43. The van der Waals surface area contributed by atoms with Gasteiger partial charge < -0.3 is 15.0 Å². The molecule has 20 heavy (non-hydrogen) atoms. The van der Waals surface area contributed by atoms with Crippen LogP contribution in [-0.2, 0) is 9.59 Å². The van der Waals surface area contributed by atoms with E-state index < -0.39 is 17.3 Å². The summed E-state index contributed by atoms with van der Waals surface area (Å²) in [5, 5.41) is 9.22. The van der Waals surface area contributed by atoms with Crippen molar-refractivity contribution in [2.24, 2.45) is 17.3 Å². The lowest BCUT2D eigenvalue weighted by molar-refractivity contribution is -0.142. The van der Waals surface area contributed by atoms with Gasteiger partial charge in [-0.05, 0) is 30.4 Å². The topological polar surface area (TPSA) is 73.4 Å². The molecule has 2 fully saturated rings. The number of carboxylic acids is 1. The largest absolute Gasteiger partial charge is 0.481 e. The van der Waals surface area contributed by atoms with Gasteiger partial charge in [-0.25, -0.2) is 0 Å². The summed E-state index contributed by atoms with van der Waals surface area (Å²) in [5.41, 5.74) is 0.618. The summed E-state index contributed by atoms with van der Waals surface area (Å²) in [6.45, 7) is 4.46. The summed E-state index contributed by atoms with van der Waals surface area (Å²) in [5.74, 6) is -1.78. The van der Waals surface area contributed by atoms with Gasteiger partial charge >= 0.3 is 5.97 Å². The maximum absolute atomic E-state index is 12.7. The van der Waals surface area contributed by atoms with E-state index in [1.807, 2.05) is 37.1 Å². The molecular formula is C15H20N2O3. The quantitative estimate of drug-likeness (QED) is 0.887. The number of nitrogens with zero attached hydrogens (tertiary/aromatic N) is 1. The Labute approximate surface area is 118 Å². The number of nitrogens with one attached hydrogen (secondary N) is 1. The Balaban J connectivity index is 1.79. The standard InChI is InChI=1S/C15H20N2O3/c1-15(2)11(12(15)14(19)20)13(18)17-8-4-6-10(17)9-5-3-7-16-9/h3,5,7,10-12,16H,4,6,8H2,1-2H3,(H,19,20). The third-order valence-electron chi connectivity index (χ3n) is 4.88. The van der Waals surface area contributed by atoms with Gasteiger partial charge in [-0.3, -0.25) is 9.59 Å². The first kappa shape index (κ1) is 13.2. The Kier molecular flexibility index (Phi) is 2.88. The van der Waals surface area contributed by atoms with Gasteiger partial charge in [-0.1, -0.05) is 13.8 Å². The fraction of sp³-hybridized carbons (Fsp3) is 0.600. The van der Waals surface area contributed by atoms with Crippen LogP contribution in [0.25, 0.3) is 0 Å². The van der Waals surface area contributed by atoms with E-state index in [-0.39, 0.29) is 17.9 Å². The molecule has 3 unspecified atom stereocenters. The first-order valence-corrected chi connectivity index (χ1v) is 7.11. The van der Waals surface area contributed by atoms with Crippen LogP contribution in [0, 0.1) is 17.3 Å². The number of carboxylic acid groups (broad SMARTS) is 1. The zero-order valence-electron chi connectivity index (χ0n) is 11.8. The zero-order chi connectivity index (χ0) is 14.5. The minimum Gasteiger partial charge on any atom is -0.481 e. The number of carbonyl (C=O) groups excluding carboxylic acids is 1. The first-order valence-electron chi connectivity index (χ1n) is 7.11. The highest BCUT2D eigenvalue weighted by Gasteiger charge is 2.67. The van der Waals surface area contributed by atoms with Crippen molar-refractivity contribution in [3.8, 4) is 0 Å². The van der Waals surface area contributed by atoms with Crippen LogP contribution in [0.4, 0.5) is 0 Å². The van der Waals surface area contributed by atoms with Crippen molar-refractivity contribution in [1.82, 2.24) is 9.88 Å². The highest BCUT2D eigenvalue weighted by molar-refractivity contribution is 5.92. The summed E-state index contributed by atoms with van der Waals surface area (Å²) >= 11 is 0. The Bertz CT molecular complexity index is 535. The molecule has 3 atom stereocenters. The number of aromatic nitrogens is 1. The number of carbonyl (C=O) groups is 2. The number of aromatic amines is 1. The third-order valence-corrected chi connectivity index (χ3v) is 4.88. The fourth-order valence-electron chi connectivity index (χ4n) is 3.64. The van der Waals surface area contributed by atoms with Gasteiger partial charge in [0.25, 0.3) is 0 Å². The van der Waals surface area contributed by atoms with Gasteiger partial charge in [-0.15, -0.1) is 0 Å². The number of hydrogen-bond acceptors (Lipinski definition) is 2. The van der Waals surface area contributed by atoms with Gasteiger partial charge in [0.05, 0.1) is 17.9 Å². The Morgan fingerprint density at radius 2 is 2.15 bits per heavy atom. The molecule has 5 heteroatoms. The Morgan fingerprint density at radius 3 is 2.70 bits per heavy atom. The van der Waals surface area contributed by atoms with Crippen molar-refractivity contribution in [3.05, 3.63) is 24.0 Å². The van der Waals surface area contributed by atoms with E-state index >= 15 is 0 Å². The van der Waals surface area contributed by atoms with E-state index in [2.05, 4.69) is 4.98 Å². The van der Waals surface area contributed by atoms with Crippen molar-refractivity contribution < 1.29 is 14.7 Å². The van der Waals surface area contributed by atoms with Crippen LogP contribution in [0.1, 0.15) is 38.4 Å². The average molecular weight is 276 g/mol. The van der Waals surface area contributed by atoms with Gasteiger partial charge in [0.2, 0.25) is 5.91 Å². The van der Waals surface area contributed by atoms with E-state index in [0.29, 0.717) is 0 Å². The van der Waals surface area contributed by atoms with Gasteiger partial charge in [0.15, 0.2) is 0 Å². The maximum Gasteiger partial charge on any atom is 0.307 e. The summed E-state index contributed by atoms with van der Waals surface area (Å²) in [6.07, 6.45) is 3.77. The molecule has 1 aromatic rings. The highest BCUT2D eigenvalue weighted by atomic mass is 16.4. The molecule has 1 saturated heterocycles. The van der Waals surface area contributed by atoms with Crippen LogP contribution in [0.15, 0.2) is 18.3 Å². The van der Waals surface area contributed by atoms with E-state index in [9.17, 15) is 14.7 Å². The zero-order valence-corrected chi connectivity index (χ0v) is 11.8. The van der Waals surface area contributed by atoms with Crippen LogP contribution in [0.5, 0.6) is 0 Å². The number of likely N-dealkylation sites (tertiary alicyclic amines) is 1. The lowest BCUT2D eigenvalue weighted by atomic mass is 10.1. The van der Waals surface area contributed by atoms with Crippen LogP contribution in [0.3, 0.4) is 0 Å². The number of aliphatic carboxylic acids is 1. The number of H-pyrrole nitrogens is 1. The van der Waals surface area contributed by atoms with Crippen LogP contribution in [-0.4, -0.2) is 33.4 Å². The lowest BCUT2D eigenvalue weighted by Gasteiger charge is -2.24. The molecule has 0 spiro atoms. The second-order valence-corrected chi connectivity index (χ2v) is 6.43. The number of amides is 1. The third kappa shape index (κ3) is 1.84. The maximum atomic E-state index is 12.7. The summed E-state index contributed by atoms with van der Waals surface area (Å²) in [6, 6.07) is 3.99. The minimum absolute atomic E-state index is 0.000463. The summed E-state index contributed by atoms with van der Waals surface area (Å²) in [4.78, 5) is 29.0. The van der Waals surface area contributed by atoms with Crippen LogP contribution in [0.2, 0.25) is 0 Å². The Morgan fingerprint density at radius 1 is 1.40 bits per heavy atom. The van der Waals surface area contributed by atoms with E-state index in [1.54, 1.807) is 0 Å². The van der Waals surface area contributed by atoms with Crippen LogP contribution >= 0.6 is 0 Å². The minimum atomic E-state index is -0.857.